The van der Waals surface area contributed by atoms with E-state index in [9.17, 15) is 0 Å². The lowest BCUT2D eigenvalue weighted by atomic mass is 10.2. The van der Waals surface area contributed by atoms with Gasteiger partial charge in [-0.05, 0) is 6.07 Å². The van der Waals surface area contributed by atoms with Crippen LogP contribution in [0.15, 0.2) is 24.8 Å². The minimum Gasteiger partial charge on any atom is -0.275 e. The van der Waals surface area contributed by atoms with Crippen molar-refractivity contribution in [2.45, 2.75) is 0 Å². The lowest BCUT2D eigenvalue weighted by molar-refractivity contribution is 0.768. The fraction of sp³-hybridized carbons (Fsp3) is 0.100. The summed E-state index contributed by atoms with van der Waals surface area (Å²) in [6, 6.07) is 1.99. The van der Waals surface area contributed by atoms with Crippen molar-refractivity contribution in [3.63, 3.8) is 0 Å². The maximum absolute atomic E-state index is 6.10. The van der Waals surface area contributed by atoms with Crippen LogP contribution in [0.5, 0.6) is 0 Å². The molecule has 0 saturated carbocycles. The molecular formula is C10H7ClIN5S. The van der Waals surface area contributed by atoms with Crippen LogP contribution >= 0.6 is 41.9 Å². The van der Waals surface area contributed by atoms with Crippen LogP contribution < -0.4 is 0 Å². The van der Waals surface area contributed by atoms with E-state index in [2.05, 4.69) is 36.3 Å². The van der Waals surface area contributed by atoms with Gasteiger partial charge >= 0.3 is 0 Å². The zero-order valence-electron chi connectivity index (χ0n) is 9.21. The van der Waals surface area contributed by atoms with Crippen LogP contribution in [0.4, 0.5) is 0 Å². The van der Waals surface area contributed by atoms with E-state index in [4.69, 9.17) is 11.6 Å². The van der Waals surface area contributed by atoms with E-state index in [0.717, 1.165) is 22.3 Å². The maximum atomic E-state index is 6.10. The number of aromatic nitrogens is 5. The minimum absolute atomic E-state index is 0.467. The van der Waals surface area contributed by atoms with Gasteiger partial charge in [-0.15, -0.1) is 0 Å². The maximum Gasteiger partial charge on any atom is 0.156 e. The van der Waals surface area contributed by atoms with E-state index >= 15 is 0 Å². The molecule has 0 aliphatic heterocycles. The Labute approximate surface area is 124 Å². The summed E-state index contributed by atoms with van der Waals surface area (Å²) in [7, 11) is 3.43. The van der Waals surface area contributed by atoms with E-state index in [1.807, 2.05) is 29.5 Å². The summed E-state index contributed by atoms with van der Waals surface area (Å²) in [4.78, 5) is 8.28. The predicted octanol–water partition coefficient (Wildman–Crippen LogP) is 3.33. The first kappa shape index (κ1) is 12.2. The lowest BCUT2D eigenvalue weighted by Crippen LogP contribution is -1.89. The molecule has 92 valence electrons. The summed E-state index contributed by atoms with van der Waals surface area (Å²) in [5.41, 5.74) is 2.85. The molecule has 3 aromatic rings. The summed E-state index contributed by atoms with van der Waals surface area (Å²) in [6.45, 7) is 0. The number of fused-ring (bicyclic) bond motifs is 1. The molecule has 3 rings (SSSR count). The van der Waals surface area contributed by atoms with Gasteiger partial charge in [0.25, 0.3) is 0 Å². The van der Waals surface area contributed by atoms with E-state index in [1.165, 1.54) is 6.33 Å². The molecular weight excluding hydrogens is 385 g/mol. The van der Waals surface area contributed by atoms with Crippen LogP contribution in [0.25, 0.3) is 22.3 Å². The average molecular weight is 392 g/mol. The zero-order valence-corrected chi connectivity index (χ0v) is 12.9. The summed E-state index contributed by atoms with van der Waals surface area (Å²) >= 11 is 8.31. The summed E-state index contributed by atoms with van der Waals surface area (Å²) in [5, 5.41) is 5.50. The fourth-order valence-corrected chi connectivity index (χ4v) is 3.61. The van der Waals surface area contributed by atoms with Gasteiger partial charge in [-0.1, -0.05) is 11.6 Å². The highest BCUT2D eigenvalue weighted by Crippen LogP contribution is 2.35. The van der Waals surface area contributed by atoms with Crippen molar-refractivity contribution in [1.82, 2.24) is 23.7 Å². The average Bonchev–Trinajstić information content (AvgIpc) is 2.93. The molecule has 8 heteroatoms. The molecule has 0 fully saturated rings. The predicted molar refractivity (Wildman–Crippen MR) is 81.7 cm³/mol. The fourth-order valence-electron chi connectivity index (χ4n) is 1.78. The summed E-state index contributed by atoms with van der Waals surface area (Å²) in [6.07, 6.45) is 5.25. The molecule has 0 atom stereocenters. The third kappa shape index (κ3) is 1.90. The number of rotatable bonds is 2. The van der Waals surface area contributed by atoms with Gasteiger partial charge in [-0.2, -0.15) is 5.10 Å². The van der Waals surface area contributed by atoms with Gasteiger partial charge in [0.1, 0.15) is 11.5 Å². The first-order chi connectivity index (χ1) is 8.70. The molecule has 0 amide bonds. The molecule has 0 N–H and O–H groups in total. The van der Waals surface area contributed by atoms with Crippen molar-refractivity contribution in [2.24, 2.45) is 7.05 Å². The Morgan fingerprint density at radius 1 is 1.39 bits per heavy atom. The minimum atomic E-state index is 0.467. The highest BCUT2D eigenvalue weighted by atomic mass is 127. The van der Waals surface area contributed by atoms with Gasteiger partial charge in [0, 0.05) is 49.1 Å². The van der Waals surface area contributed by atoms with Crippen molar-refractivity contribution in [3.05, 3.63) is 29.9 Å². The Balaban J connectivity index is 2.32. The SMILES string of the molecule is Cn1cc(-c2cc3c(Cl)ncnc3n2SI)cn1. The number of hydrogen-bond donors (Lipinski definition) is 0. The van der Waals surface area contributed by atoms with Crippen LogP contribution in [0, 0.1) is 0 Å². The van der Waals surface area contributed by atoms with E-state index in [1.54, 1.807) is 13.8 Å². The van der Waals surface area contributed by atoms with Crippen molar-refractivity contribution in [2.75, 3.05) is 0 Å². The lowest BCUT2D eigenvalue weighted by Gasteiger charge is -2.01. The Morgan fingerprint density at radius 2 is 2.22 bits per heavy atom. The molecule has 3 heterocycles. The van der Waals surface area contributed by atoms with Crippen LogP contribution in [0.1, 0.15) is 0 Å². The Bertz CT molecular complexity index is 722. The third-order valence-electron chi connectivity index (χ3n) is 2.58. The molecule has 0 spiro atoms. The Morgan fingerprint density at radius 3 is 2.89 bits per heavy atom. The number of nitrogens with zero attached hydrogens (tertiary/aromatic N) is 5. The molecule has 0 aliphatic rings. The van der Waals surface area contributed by atoms with Crippen LogP contribution in [-0.4, -0.2) is 23.7 Å². The first-order valence-electron chi connectivity index (χ1n) is 5.00. The number of aryl methyl sites for hydroxylation is 1. The molecule has 18 heavy (non-hydrogen) atoms. The molecule has 5 nitrogen and oxygen atoms in total. The Hall–Kier alpha value is -0.800. The molecule has 0 radical (unpaired) electrons. The Kier molecular flexibility index (Phi) is 3.20. The topological polar surface area (TPSA) is 48.5 Å². The van der Waals surface area contributed by atoms with E-state index < -0.39 is 0 Å². The van der Waals surface area contributed by atoms with Crippen LogP contribution in [0.2, 0.25) is 5.15 Å². The van der Waals surface area contributed by atoms with Gasteiger partial charge in [-0.3, -0.25) is 8.65 Å². The molecule has 0 unspecified atom stereocenters. The van der Waals surface area contributed by atoms with Crippen molar-refractivity contribution in [1.29, 1.82) is 0 Å². The van der Waals surface area contributed by atoms with Crippen molar-refractivity contribution in [3.8, 4) is 11.3 Å². The van der Waals surface area contributed by atoms with Gasteiger partial charge in [0.05, 0.1) is 17.3 Å². The highest BCUT2D eigenvalue weighted by Gasteiger charge is 2.15. The van der Waals surface area contributed by atoms with Crippen molar-refractivity contribution < 1.29 is 0 Å². The summed E-state index contributed by atoms with van der Waals surface area (Å²) in [5.74, 6) is 0. The monoisotopic (exact) mass is 391 g/mol. The smallest absolute Gasteiger partial charge is 0.156 e. The van der Waals surface area contributed by atoms with Gasteiger partial charge < -0.3 is 0 Å². The van der Waals surface area contributed by atoms with Gasteiger partial charge in [0.2, 0.25) is 0 Å². The van der Waals surface area contributed by atoms with Gasteiger partial charge in [0.15, 0.2) is 5.65 Å². The molecule has 0 aliphatic carbocycles. The second-order valence-electron chi connectivity index (χ2n) is 3.70. The third-order valence-corrected chi connectivity index (χ3v) is 4.57. The van der Waals surface area contributed by atoms with E-state index in [-0.39, 0.29) is 0 Å². The number of hydrogen-bond acceptors (Lipinski definition) is 4. The molecule has 0 saturated heterocycles. The molecule has 3 aromatic heterocycles. The van der Waals surface area contributed by atoms with Crippen LogP contribution in [0.3, 0.4) is 0 Å². The largest absolute Gasteiger partial charge is 0.275 e. The second kappa shape index (κ2) is 4.71. The first-order valence-corrected chi connectivity index (χ1v) is 8.70. The molecule has 0 aromatic carbocycles. The summed E-state index contributed by atoms with van der Waals surface area (Å²) < 4.78 is 3.78. The quantitative estimate of drug-likeness (QED) is 0.497. The van der Waals surface area contributed by atoms with Gasteiger partial charge in [-0.25, -0.2) is 9.97 Å². The number of halogens is 2. The zero-order chi connectivity index (χ0) is 12.7. The second-order valence-corrected chi connectivity index (χ2v) is 5.74. The van der Waals surface area contributed by atoms with Crippen LogP contribution in [-0.2, 0) is 7.05 Å². The molecule has 0 bridgehead atoms. The normalized spacial score (nSPS) is 11.3. The van der Waals surface area contributed by atoms with E-state index in [0.29, 0.717) is 5.15 Å². The van der Waals surface area contributed by atoms with Crippen molar-refractivity contribution >= 4 is 53.0 Å². The highest BCUT2D eigenvalue weighted by molar-refractivity contribution is 14.2. The standard InChI is InChI=1S/C10H7ClIN5S/c1-16-4-6(3-15-16)8-2-7-9(11)13-5-14-10(7)17(8)18-12/h2-5H,1H3.